The van der Waals surface area contributed by atoms with Crippen molar-refractivity contribution in [3.63, 3.8) is 0 Å². The van der Waals surface area contributed by atoms with Crippen molar-refractivity contribution in [1.29, 1.82) is 0 Å². The number of rotatable bonds is 3. The van der Waals surface area contributed by atoms with Crippen molar-refractivity contribution in [3.8, 4) is 0 Å². The first-order valence-corrected chi connectivity index (χ1v) is 2.94. The molecule has 0 aromatic heterocycles. The first-order valence-electron chi connectivity index (χ1n) is 2.94. The summed E-state index contributed by atoms with van der Waals surface area (Å²) >= 11 is 0. The predicted molar refractivity (Wildman–Crippen MR) is 36.9 cm³/mol. The van der Waals surface area contributed by atoms with E-state index in [9.17, 15) is 14.7 Å². The molecule has 12 heavy (non-hydrogen) atoms. The van der Waals surface area contributed by atoms with Gasteiger partial charge < -0.3 is 14.9 Å². The maximum Gasteiger partial charge on any atom is 0.329 e. The van der Waals surface area contributed by atoms with Crippen molar-refractivity contribution >= 4 is 11.9 Å². The van der Waals surface area contributed by atoms with E-state index in [0.29, 0.717) is 12.2 Å². The molecule has 1 N–H and O–H groups in total. The third-order valence-corrected chi connectivity index (χ3v) is 0.851. The quantitative estimate of drug-likeness (QED) is 0.256. The number of carboxylic acids is 1. The van der Waals surface area contributed by atoms with Crippen molar-refractivity contribution in [3.05, 3.63) is 24.0 Å². The summed E-state index contributed by atoms with van der Waals surface area (Å²) in [5.41, 5.74) is 0. The van der Waals surface area contributed by atoms with Gasteiger partial charge in [0.1, 0.15) is 0 Å². The molecule has 0 rings (SSSR count). The van der Waals surface area contributed by atoms with E-state index in [-0.39, 0.29) is 0 Å². The van der Waals surface area contributed by atoms with Crippen molar-refractivity contribution in [2.45, 2.75) is 0 Å². The van der Waals surface area contributed by atoms with Gasteiger partial charge >= 0.3 is 11.9 Å². The molecule has 5 nitrogen and oxygen atoms in total. The lowest BCUT2D eigenvalue weighted by Crippen LogP contribution is -2.06. The molecule has 0 aliphatic heterocycles. The zero-order valence-corrected chi connectivity index (χ0v) is 6.31. The summed E-state index contributed by atoms with van der Waals surface area (Å²) in [5, 5.41) is 18.7. The SMILES string of the molecule is COC(=O)/C=C([O-])\C=C/C(=O)O. The minimum absolute atomic E-state index is 0.641. The topological polar surface area (TPSA) is 86.7 Å². The molecule has 0 unspecified atom stereocenters. The molecule has 0 heterocycles. The highest BCUT2D eigenvalue weighted by atomic mass is 16.5. The summed E-state index contributed by atoms with van der Waals surface area (Å²) in [6.45, 7) is 0. The summed E-state index contributed by atoms with van der Waals surface area (Å²) in [6.07, 6.45) is 2.06. The van der Waals surface area contributed by atoms with Crippen LogP contribution in [0, 0.1) is 0 Å². The minimum Gasteiger partial charge on any atom is -0.872 e. The fourth-order valence-corrected chi connectivity index (χ4v) is 0.377. The van der Waals surface area contributed by atoms with Crippen LogP contribution in [0.3, 0.4) is 0 Å². The van der Waals surface area contributed by atoms with Crippen LogP contribution in [-0.4, -0.2) is 24.2 Å². The number of esters is 1. The molecular weight excluding hydrogens is 164 g/mol. The zero-order chi connectivity index (χ0) is 9.56. The number of carbonyl (C=O) groups is 2. The summed E-state index contributed by atoms with van der Waals surface area (Å²) < 4.78 is 4.13. The Balaban J connectivity index is 4.20. The van der Waals surface area contributed by atoms with Crippen LogP contribution < -0.4 is 5.11 Å². The maximum absolute atomic E-state index is 10.6. The molecule has 66 valence electrons. The zero-order valence-electron chi connectivity index (χ0n) is 6.31. The summed E-state index contributed by atoms with van der Waals surface area (Å²) in [6, 6.07) is 0. The van der Waals surface area contributed by atoms with Crippen LogP contribution in [0.2, 0.25) is 0 Å². The Labute approximate surface area is 68.6 Å². The monoisotopic (exact) mass is 171 g/mol. The summed E-state index contributed by atoms with van der Waals surface area (Å²) in [7, 11) is 1.12. The fraction of sp³-hybridized carbons (Fsp3) is 0.143. The van der Waals surface area contributed by atoms with Gasteiger partial charge in [0.25, 0.3) is 0 Å². The van der Waals surface area contributed by atoms with Crippen LogP contribution in [0.4, 0.5) is 0 Å². The highest BCUT2D eigenvalue weighted by molar-refractivity contribution is 5.84. The Bertz CT molecular complexity index is 238. The van der Waals surface area contributed by atoms with Crippen LogP contribution in [-0.2, 0) is 14.3 Å². The Morgan fingerprint density at radius 2 is 2.00 bits per heavy atom. The first kappa shape index (κ1) is 10.2. The standard InChI is InChI=1S/C7H8O5/c1-12-7(11)4-5(8)2-3-6(9)10/h2-4,8H,1H3,(H,9,10)/p-1/b3-2-,5-4+. The van der Waals surface area contributed by atoms with Gasteiger partial charge in [0.2, 0.25) is 0 Å². The smallest absolute Gasteiger partial charge is 0.329 e. The van der Waals surface area contributed by atoms with E-state index in [1.807, 2.05) is 0 Å². The first-order chi connectivity index (χ1) is 5.56. The van der Waals surface area contributed by atoms with E-state index in [1.54, 1.807) is 0 Å². The molecule has 0 amide bonds. The van der Waals surface area contributed by atoms with Crippen LogP contribution in [0.1, 0.15) is 0 Å². The molecule has 0 bridgehead atoms. The Morgan fingerprint density at radius 1 is 1.42 bits per heavy atom. The second-order valence-electron chi connectivity index (χ2n) is 1.74. The van der Waals surface area contributed by atoms with Gasteiger partial charge in [-0.05, 0) is 0 Å². The largest absolute Gasteiger partial charge is 0.872 e. The van der Waals surface area contributed by atoms with Gasteiger partial charge in [-0.1, -0.05) is 6.08 Å². The number of carbonyl (C=O) groups excluding carboxylic acids is 1. The molecule has 0 spiro atoms. The fourth-order valence-electron chi connectivity index (χ4n) is 0.377. The van der Waals surface area contributed by atoms with Gasteiger partial charge in [0, 0.05) is 12.2 Å². The van der Waals surface area contributed by atoms with Gasteiger partial charge in [-0.25, -0.2) is 9.59 Å². The molecule has 0 saturated carbocycles. The van der Waals surface area contributed by atoms with Crippen LogP contribution >= 0.6 is 0 Å². The van der Waals surface area contributed by atoms with Gasteiger partial charge in [0.05, 0.1) is 7.11 Å². The van der Waals surface area contributed by atoms with Crippen LogP contribution in [0.15, 0.2) is 24.0 Å². The molecule has 0 aliphatic rings. The molecular formula is C7H7O5-. The number of hydrogen-bond donors (Lipinski definition) is 1. The third-order valence-electron chi connectivity index (χ3n) is 0.851. The van der Waals surface area contributed by atoms with E-state index in [2.05, 4.69) is 4.74 Å². The molecule has 0 radical (unpaired) electrons. The van der Waals surface area contributed by atoms with E-state index in [4.69, 9.17) is 5.11 Å². The van der Waals surface area contributed by atoms with E-state index < -0.39 is 17.7 Å². The molecule has 5 heteroatoms. The average Bonchev–Trinajstić information content (AvgIpc) is 2.00. The number of carboxylic acid groups (broad SMARTS) is 1. The number of methoxy groups -OCH3 is 1. The molecule has 0 aromatic carbocycles. The lowest BCUT2D eigenvalue weighted by Gasteiger charge is -2.02. The third kappa shape index (κ3) is 5.04. The van der Waals surface area contributed by atoms with E-state index in [0.717, 1.165) is 13.2 Å². The van der Waals surface area contributed by atoms with E-state index in [1.165, 1.54) is 0 Å². The van der Waals surface area contributed by atoms with Crippen molar-refractivity contribution < 1.29 is 24.5 Å². The Morgan fingerprint density at radius 3 is 2.42 bits per heavy atom. The maximum atomic E-state index is 10.6. The van der Waals surface area contributed by atoms with Crippen molar-refractivity contribution in [2.75, 3.05) is 7.11 Å². The normalized spacial score (nSPS) is 11.6. The highest BCUT2D eigenvalue weighted by Gasteiger charge is 1.90. The van der Waals surface area contributed by atoms with Gasteiger partial charge in [-0.15, -0.1) is 5.76 Å². The lowest BCUT2D eigenvalue weighted by atomic mass is 10.4. The Kier molecular flexibility index (Phi) is 4.21. The van der Waals surface area contributed by atoms with Crippen LogP contribution in [0.25, 0.3) is 0 Å². The second kappa shape index (κ2) is 4.95. The molecule has 0 saturated heterocycles. The molecule has 0 aromatic rings. The highest BCUT2D eigenvalue weighted by Crippen LogP contribution is 1.87. The summed E-state index contributed by atoms with van der Waals surface area (Å²) in [4.78, 5) is 20.3. The number of hydrogen-bond acceptors (Lipinski definition) is 4. The lowest BCUT2D eigenvalue weighted by molar-refractivity contribution is -0.295. The van der Waals surface area contributed by atoms with Gasteiger partial charge in [-0.2, -0.15) is 0 Å². The average molecular weight is 171 g/mol. The second-order valence-corrected chi connectivity index (χ2v) is 1.74. The Hall–Kier alpha value is -1.78. The van der Waals surface area contributed by atoms with Crippen molar-refractivity contribution in [2.24, 2.45) is 0 Å². The van der Waals surface area contributed by atoms with Crippen LogP contribution in [0.5, 0.6) is 0 Å². The summed E-state index contributed by atoms with van der Waals surface area (Å²) in [5.74, 6) is -2.78. The number of ether oxygens (including phenoxy) is 1. The van der Waals surface area contributed by atoms with Gasteiger partial charge in [-0.3, -0.25) is 0 Å². The van der Waals surface area contributed by atoms with E-state index >= 15 is 0 Å². The van der Waals surface area contributed by atoms with Gasteiger partial charge in [0.15, 0.2) is 0 Å². The molecule has 0 aliphatic carbocycles. The van der Waals surface area contributed by atoms with Crippen molar-refractivity contribution in [1.82, 2.24) is 0 Å². The number of aliphatic carboxylic acids is 1. The number of allylic oxidation sites excluding steroid dienone is 1. The predicted octanol–water partition coefficient (Wildman–Crippen LogP) is -0.956. The molecule has 0 fully saturated rings. The minimum atomic E-state index is -1.25. The molecule has 0 atom stereocenters.